The number of nitrogens with zero attached hydrogens (tertiary/aromatic N) is 2. The Kier molecular flexibility index (Phi) is 5.82. The number of carbonyl (C=O) groups excluding carboxylic acids is 1. The molecule has 4 nitrogen and oxygen atoms in total. The lowest BCUT2D eigenvalue weighted by atomic mass is 9.71. The number of nitriles is 1. The summed E-state index contributed by atoms with van der Waals surface area (Å²) in [4.78, 5) is 15.2. The number of carbonyl (C=O) groups is 1. The second-order valence-electron chi connectivity index (χ2n) is 7.31. The van der Waals surface area contributed by atoms with Crippen molar-refractivity contribution in [3.05, 3.63) is 29.8 Å². The number of likely N-dealkylation sites (tertiary alicyclic amines) is 1. The fraction of sp³-hybridized carbons (Fsp3) is 0.579. The van der Waals surface area contributed by atoms with Crippen LogP contribution in [0.1, 0.15) is 45.6 Å². The van der Waals surface area contributed by atoms with Crippen molar-refractivity contribution in [3.8, 4) is 6.07 Å². The molecule has 0 unspecified atom stereocenters. The van der Waals surface area contributed by atoms with E-state index in [9.17, 15) is 10.1 Å². The van der Waals surface area contributed by atoms with Crippen LogP contribution in [0.3, 0.4) is 0 Å². The maximum Gasteiger partial charge on any atom is 0.410 e. The fourth-order valence-corrected chi connectivity index (χ4v) is 3.58. The van der Waals surface area contributed by atoms with Gasteiger partial charge >= 0.3 is 6.09 Å². The molecule has 1 saturated heterocycles. The van der Waals surface area contributed by atoms with Gasteiger partial charge in [-0.25, -0.2) is 4.79 Å². The van der Waals surface area contributed by atoms with E-state index in [1.807, 2.05) is 20.8 Å². The molecule has 0 aromatic heterocycles. The Labute approximate surface area is 149 Å². The normalized spacial score (nSPS) is 17.2. The number of rotatable bonds is 3. The van der Waals surface area contributed by atoms with Crippen LogP contribution in [0.2, 0.25) is 0 Å². The summed E-state index contributed by atoms with van der Waals surface area (Å²) in [6, 6.07) is 10.8. The molecule has 0 aliphatic carbocycles. The van der Waals surface area contributed by atoms with Crippen molar-refractivity contribution in [3.63, 3.8) is 0 Å². The number of amides is 1. The van der Waals surface area contributed by atoms with Crippen LogP contribution in [0.4, 0.5) is 4.79 Å². The van der Waals surface area contributed by atoms with Crippen LogP contribution < -0.4 is 0 Å². The number of piperidine rings is 1. The highest BCUT2D eigenvalue weighted by molar-refractivity contribution is 7.98. The van der Waals surface area contributed by atoms with E-state index in [-0.39, 0.29) is 11.5 Å². The summed E-state index contributed by atoms with van der Waals surface area (Å²) in [5.41, 5.74) is 0.559. The molecule has 0 saturated carbocycles. The first kappa shape index (κ1) is 18.7. The molecule has 0 bridgehead atoms. The molecule has 1 aromatic rings. The summed E-state index contributed by atoms with van der Waals surface area (Å²) in [5, 5.41) is 9.34. The highest BCUT2D eigenvalue weighted by Gasteiger charge is 2.38. The number of ether oxygens (including phenoxy) is 1. The molecule has 0 atom stereocenters. The van der Waals surface area contributed by atoms with Crippen LogP contribution in [0, 0.1) is 11.3 Å². The molecule has 5 heteroatoms. The van der Waals surface area contributed by atoms with Crippen molar-refractivity contribution in [2.24, 2.45) is 0 Å². The summed E-state index contributed by atoms with van der Waals surface area (Å²) in [6.45, 7) is 6.88. The standard InChI is InChI=1S/C19H26N2O2S/c1-18(2,3)23-17(22)21-12-9-19(8-11-20,10-13-21)15-6-5-7-16(14-15)24-4/h5-7,14H,8-10,12-13H2,1-4H3. The van der Waals surface area contributed by atoms with Gasteiger partial charge in [0.05, 0.1) is 6.07 Å². The third-order valence-electron chi connectivity index (χ3n) is 4.47. The summed E-state index contributed by atoms with van der Waals surface area (Å²) in [6.07, 6.45) is 3.86. The van der Waals surface area contributed by atoms with Gasteiger partial charge in [-0.2, -0.15) is 5.26 Å². The van der Waals surface area contributed by atoms with Gasteiger partial charge in [0.1, 0.15) is 5.60 Å². The maximum atomic E-state index is 12.3. The molecule has 1 aromatic carbocycles. The summed E-state index contributed by atoms with van der Waals surface area (Å²) in [7, 11) is 0. The van der Waals surface area contributed by atoms with E-state index in [2.05, 4.69) is 36.6 Å². The third kappa shape index (κ3) is 4.45. The summed E-state index contributed by atoms with van der Waals surface area (Å²) in [5.74, 6) is 0. The molecule has 1 aliphatic heterocycles. The van der Waals surface area contributed by atoms with Crippen LogP contribution in [-0.2, 0) is 10.2 Å². The Morgan fingerprint density at radius 3 is 2.58 bits per heavy atom. The number of hydrogen-bond donors (Lipinski definition) is 0. The van der Waals surface area contributed by atoms with Crippen molar-refractivity contribution in [2.75, 3.05) is 19.3 Å². The first-order valence-corrected chi connectivity index (χ1v) is 9.51. The van der Waals surface area contributed by atoms with Crippen LogP contribution in [0.15, 0.2) is 29.2 Å². The van der Waals surface area contributed by atoms with Crippen molar-refractivity contribution in [2.45, 2.75) is 55.9 Å². The van der Waals surface area contributed by atoms with E-state index >= 15 is 0 Å². The molecule has 1 heterocycles. The SMILES string of the molecule is CSc1cccc(C2(CC#N)CCN(C(=O)OC(C)(C)C)CC2)c1. The van der Waals surface area contributed by atoms with Gasteiger partial charge in [-0.3, -0.25) is 0 Å². The van der Waals surface area contributed by atoms with E-state index in [1.165, 1.54) is 10.5 Å². The lowest BCUT2D eigenvalue weighted by molar-refractivity contribution is 0.0165. The molecule has 130 valence electrons. The van der Waals surface area contributed by atoms with Gasteiger partial charge in [0.25, 0.3) is 0 Å². The number of benzene rings is 1. The Balaban J connectivity index is 2.14. The van der Waals surface area contributed by atoms with Gasteiger partial charge in [-0.1, -0.05) is 12.1 Å². The largest absolute Gasteiger partial charge is 0.444 e. The topological polar surface area (TPSA) is 53.3 Å². The van der Waals surface area contributed by atoms with Gasteiger partial charge in [0.15, 0.2) is 0 Å². The molecule has 2 rings (SSSR count). The first-order valence-electron chi connectivity index (χ1n) is 8.29. The highest BCUT2D eigenvalue weighted by atomic mass is 32.2. The molecular weight excluding hydrogens is 320 g/mol. The average Bonchev–Trinajstić information content (AvgIpc) is 2.54. The van der Waals surface area contributed by atoms with Gasteiger partial charge in [-0.05, 0) is 57.6 Å². The predicted octanol–water partition coefficient (Wildman–Crippen LogP) is 4.59. The molecule has 0 N–H and O–H groups in total. The zero-order valence-corrected chi connectivity index (χ0v) is 15.8. The Bertz CT molecular complexity index is 623. The van der Waals surface area contributed by atoms with Gasteiger partial charge in [-0.15, -0.1) is 11.8 Å². The van der Waals surface area contributed by atoms with Crippen molar-refractivity contribution < 1.29 is 9.53 Å². The Hall–Kier alpha value is -1.67. The van der Waals surface area contributed by atoms with E-state index in [4.69, 9.17) is 4.74 Å². The predicted molar refractivity (Wildman–Crippen MR) is 97.2 cm³/mol. The maximum absolute atomic E-state index is 12.3. The summed E-state index contributed by atoms with van der Waals surface area (Å²) < 4.78 is 5.47. The zero-order valence-electron chi connectivity index (χ0n) is 15.0. The fourth-order valence-electron chi connectivity index (χ4n) is 3.12. The van der Waals surface area contributed by atoms with E-state index in [1.54, 1.807) is 16.7 Å². The molecule has 1 aliphatic rings. The van der Waals surface area contributed by atoms with E-state index in [0.717, 1.165) is 12.8 Å². The van der Waals surface area contributed by atoms with Gasteiger partial charge in [0, 0.05) is 29.8 Å². The van der Waals surface area contributed by atoms with E-state index in [0.29, 0.717) is 19.5 Å². The lowest BCUT2D eigenvalue weighted by Crippen LogP contribution is -2.46. The Morgan fingerprint density at radius 2 is 2.04 bits per heavy atom. The molecule has 1 amide bonds. The van der Waals surface area contributed by atoms with Crippen molar-refractivity contribution in [1.29, 1.82) is 5.26 Å². The molecule has 1 fully saturated rings. The molecular formula is C19H26N2O2S. The quantitative estimate of drug-likeness (QED) is 0.751. The minimum atomic E-state index is -0.481. The van der Waals surface area contributed by atoms with Gasteiger partial charge < -0.3 is 9.64 Å². The number of thioether (sulfide) groups is 1. The van der Waals surface area contributed by atoms with Gasteiger partial charge in [0.2, 0.25) is 0 Å². The summed E-state index contributed by atoms with van der Waals surface area (Å²) >= 11 is 1.71. The van der Waals surface area contributed by atoms with Crippen LogP contribution in [0.5, 0.6) is 0 Å². The Morgan fingerprint density at radius 1 is 1.38 bits per heavy atom. The smallest absolute Gasteiger partial charge is 0.410 e. The van der Waals surface area contributed by atoms with Crippen LogP contribution in [0.25, 0.3) is 0 Å². The molecule has 0 spiro atoms. The average molecular weight is 346 g/mol. The monoisotopic (exact) mass is 346 g/mol. The van der Waals surface area contributed by atoms with Crippen molar-refractivity contribution >= 4 is 17.9 Å². The van der Waals surface area contributed by atoms with Crippen molar-refractivity contribution in [1.82, 2.24) is 4.90 Å². The highest BCUT2D eigenvalue weighted by Crippen LogP contribution is 2.39. The second kappa shape index (κ2) is 7.48. The minimum absolute atomic E-state index is 0.168. The zero-order chi connectivity index (χ0) is 17.8. The minimum Gasteiger partial charge on any atom is -0.444 e. The third-order valence-corrected chi connectivity index (χ3v) is 5.20. The van der Waals surface area contributed by atoms with Crippen LogP contribution in [-0.4, -0.2) is 35.9 Å². The first-order chi connectivity index (χ1) is 11.3. The van der Waals surface area contributed by atoms with Crippen LogP contribution >= 0.6 is 11.8 Å². The van der Waals surface area contributed by atoms with E-state index < -0.39 is 5.60 Å². The molecule has 0 radical (unpaired) electrons. The molecule has 24 heavy (non-hydrogen) atoms. The lowest BCUT2D eigenvalue weighted by Gasteiger charge is -2.41. The second-order valence-corrected chi connectivity index (χ2v) is 8.19. The number of hydrogen-bond acceptors (Lipinski definition) is 4.